The van der Waals surface area contributed by atoms with Crippen LogP contribution in [0.25, 0.3) is 0 Å². The van der Waals surface area contributed by atoms with Crippen LogP contribution in [0.3, 0.4) is 0 Å². The molecule has 0 spiro atoms. The summed E-state index contributed by atoms with van der Waals surface area (Å²) in [7, 11) is 0. The number of piperidine rings is 1. The zero-order valence-electron chi connectivity index (χ0n) is 25.6. The fourth-order valence-corrected chi connectivity index (χ4v) is 5.33. The van der Waals surface area contributed by atoms with Crippen molar-refractivity contribution in [3.63, 3.8) is 0 Å². The molecule has 0 aliphatic carbocycles. The second kappa shape index (κ2) is 11.7. The van der Waals surface area contributed by atoms with Crippen molar-refractivity contribution in [2.75, 3.05) is 5.32 Å². The van der Waals surface area contributed by atoms with E-state index < -0.39 is 71.7 Å². The van der Waals surface area contributed by atoms with Crippen LogP contribution >= 0.6 is 0 Å². The molecule has 264 valence electrons. The van der Waals surface area contributed by atoms with Gasteiger partial charge in [0.2, 0.25) is 5.79 Å². The number of carbonyl (C=O) groups excluding carboxylic acids is 3. The van der Waals surface area contributed by atoms with Crippen LogP contribution in [0.1, 0.15) is 47.8 Å². The van der Waals surface area contributed by atoms with E-state index in [2.05, 4.69) is 10.1 Å². The number of amides is 3. The summed E-state index contributed by atoms with van der Waals surface area (Å²) in [5.74, 6) is -27.5. The number of anilines is 1. The highest BCUT2D eigenvalue weighted by molar-refractivity contribution is 6.10. The van der Waals surface area contributed by atoms with Crippen LogP contribution in [-0.2, 0) is 34.0 Å². The fourth-order valence-electron chi connectivity index (χ4n) is 5.33. The van der Waals surface area contributed by atoms with Gasteiger partial charge in [0.25, 0.3) is 35.1 Å². The molecule has 2 saturated heterocycles. The Labute approximate surface area is 270 Å². The number of benzene rings is 2. The van der Waals surface area contributed by atoms with Crippen molar-refractivity contribution in [1.82, 2.24) is 15.1 Å². The molecule has 20 heteroatoms. The van der Waals surface area contributed by atoms with Crippen molar-refractivity contribution >= 4 is 23.4 Å². The van der Waals surface area contributed by atoms with Gasteiger partial charge in [0.05, 0.1) is 6.54 Å². The van der Waals surface area contributed by atoms with Crippen molar-refractivity contribution in [3.8, 4) is 0 Å². The van der Waals surface area contributed by atoms with Gasteiger partial charge in [0, 0.05) is 29.9 Å². The normalized spacial score (nSPS) is 28.2. The maximum absolute atomic E-state index is 13.2. The minimum absolute atomic E-state index is 0.0288. The minimum Gasteiger partial charge on any atom is -0.381 e. The van der Waals surface area contributed by atoms with Gasteiger partial charge in [-0.3, -0.25) is 29.3 Å². The molecule has 3 aliphatic heterocycles. The Morgan fingerprint density at radius 2 is 1.35 bits per heavy atom. The first-order valence-corrected chi connectivity index (χ1v) is 14.2. The Morgan fingerprint density at radius 3 is 1.94 bits per heavy atom. The zero-order valence-corrected chi connectivity index (χ0v) is 25.6. The number of imide groups is 1. The summed E-state index contributed by atoms with van der Waals surface area (Å²) in [4.78, 5) is 37.8. The summed E-state index contributed by atoms with van der Waals surface area (Å²) in [6.07, 6.45) is 0. The maximum atomic E-state index is 13.2. The van der Waals surface area contributed by atoms with Crippen molar-refractivity contribution in [2.24, 2.45) is 0 Å². The second-order valence-corrected chi connectivity index (χ2v) is 11.2. The molecule has 14 N–H and O–H groups in total. The van der Waals surface area contributed by atoms with E-state index in [4.69, 9.17) is 0 Å². The summed E-state index contributed by atoms with van der Waals surface area (Å²) >= 11 is 0. The van der Waals surface area contributed by atoms with E-state index >= 15 is 0 Å². The number of nitrogens with one attached hydrogen (secondary N) is 2. The summed E-state index contributed by atoms with van der Waals surface area (Å²) < 4.78 is 4.27. The molecule has 2 fully saturated rings. The van der Waals surface area contributed by atoms with Crippen molar-refractivity contribution in [1.29, 1.82) is 0 Å². The van der Waals surface area contributed by atoms with Gasteiger partial charge in [0.1, 0.15) is 0 Å². The predicted octanol–water partition coefficient (Wildman–Crippen LogP) is -5.56. The third-order valence-corrected chi connectivity index (χ3v) is 8.19. The monoisotopic (exact) mass is 684 g/mol. The van der Waals surface area contributed by atoms with Gasteiger partial charge >= 0.3 is 17.7 Å². The van der Waals surface area contributed by atoms with Crippen molar-refractivity contribution in [3.05, 3.63) is 64.7 Å². The van der Waals surface area contributed by atoms with Crippen LogP contribution in [0, 0.1) is 0 Å². The van der Waals surface area contributed by atoms with Crippen LogP contribution in [-0.4, -0.2) is 130 Å². The fraction of sp³-hybridized carbons (Fsp3) is 0.464. The van der Waals surface area contributed by atoms with Gasteiger partial charge in [-0.25, -0.2) is 0 Å². The van der Waals surface area contributed by atoms with Crippen molar-refractivity contribution < 1.29 is 80.4 Å². The topological polar surface area (TPSA) is 334 Å². The van der Waals surface area contributed by atoms with Crippen LogP contribution in [0.2, 0.25) is 0 Å². The largest absolute Gasteiger partial charge is 0.381 e. The molecule has 3 amide bonds. The number of rotatable bonds is 6. The van der Waals surface area contributed by atoms with E-state index in [1.165, 1.54) is 47.8 Å². The van der Waals surface area contributed by atoms with Crippen LogP contribution in [0.15, 0.2) is 42.5 Å². The molecule has 0 radical (unpaired) electrons. The number of aliphatic hydroxyl groups is 12. The van der Waals surface area contributed by atoms with E-state index in [-0.39, 0.29) is 38.7 Å². The lowest BCUT2D eigenvalue weighted by Gasteiger charge is -2.56. The Morgan fingerprint density at radius 1 is 0.792 bits per heavy atom. The lowest BCUT2D eigenvalue weighted by Crippen LogP contribution is -2.85. The third-order valence-electron chi connectivity index (χ3n) is 8.19. The molecule has 3 heterocycles. The minimum atomic E-state index is -4.25. The van der Waals surface area contributed by atoms with Crippen LogP contribution in [0.4, 0.5) is 5.69 Å². The molecular weight excluding hydrogens is 648 g/mol. The standard InChI is InChI=1S/C26H30N4O16.C2H6/c1-20(34)24(40,41)30(25(42,43)26(44,45)46-20)10-13-7-5-12(6-8-13)9-27-16-4-2-3-14-15(16)11-29(17(14)31)21(35)18(32)28-19(33)22(36,37)23(21,38)39;1-2/h2-8,27,34-45H,9-11H2,1H3,(H,28,32,33);1-2H3. The molecule has 2 aromatic rings. The first kappa shape index (κ1) is 37.1. The smallest absolute Gasteiger partial charge is 0.354 e. The van der Waals surface area contributed by atoms with E-state index in [9.17, 15) is 75.7 Å². The molecule has 48 heavy (non-hydrogen) atoms. The molecule has 0 bridgehead atoms. The quantitative estimate of drug-likeness (QED) is 0.0996. The molecule has 20 nitrogen and oxygen atoms in total. The Kier molecular flexibility index (Phi) is 9.06. The molecule has 0 saturated carbocycles. The highest BCUT2D eigenvalue weighted by Gasteiger charge is 2.76. The highest BCUT2D eigenvalue weighted by atomic mass is 16.9. The molecule has 3 aliphatic rings. The average Bonchev–Trinajstić information content (AvgIpc) is 3.34. The lowest BCUT2D eigenvalue weighted by molar-refractivity contribution is -0.624. The molecular formula is C28H36N4O16. The van der Waals surface area contributed by atoms with Gasteiger partial charge in [-0.1, -0.05) is 44.2 Å². The number of hydrogen-bond acceptors (Lipinski definition) is 18. The number of nitrogens with zero attached hydrogens (tertiary/aromatic N) is 2. The van der Waals surface area contributed by atoms with Crippen LogP contribution < -0.4 is 10.6 Å². The van der Waals surface area contributed by atoms with Gasteiger partial charge in [0.15, 0.2) is 0 Å². The Bertz CT molecular complexity index is 1580. The van der Waals surface area contributed by atoms with E-state index in [0.717, 1.165) is 0 Å². The lowest BCUT2D eigenvalue weighted by atomic mass is 9.86. The van der Waals surface area contributed by atoms with Crippen LogP contribution in [0.5, 0.6) is 0 Å². The Balaban J connectivity index is 0.00000255. The van der Waals surface area contributed by atoms with E-state index in [1.54, 1.807) is 0 Å². The van der Waals surface area contributed by atoms with E-state index in [1.807, 2.05) is 13.8 Å². The number of ether oxygens (including phenoxy) is 1. The second-order valence-electron chi connectivity index (χ2n) is 11.2. The first-order chi connectivity index (χ1) is 21.9. The summed E-state index contributed by atoms with van der Waals surface area (Å²) in [6.45, 7) is 3.23. The number of morpholine rings is 1. The van der Waals surface area contributed by atoms with Gasteiger partial charge in [-0.05, 0) is 30.2 Å². The molecule has 2 aromatic carbocycles. The summed E-state index contributed by atoms with van der Waals surface area (Å²) in [5, 5.41) is 127. The predicted molar refractivity (Wildman–Crippen MR) is 153 cm³/mol. The number of fused-ring (bicyclic) bond motifs is 1. The number of carbonyl (C=O) groups is 3. The average molecular weight is 685 g/mol. The van der Waals surface area contributed by atoms with Gasteiger partial charge in [-0.2, -0.15) is 4.90 Å². The highest BCUT2D eigenvalue weighted by Crippen LogP contribution is 2.44. The third kappa shape index (κ3) is 5.24. The molecule has 2 unspecified atom stereocenters. The zero-order chi connectivity index (χ0) is 36.5. The Hall–Kier alpha value is -3.71. The molecule has 2 atom stereocenters. The SMILES string of the molecule is CC.CC1(O)OC(O)(O)C(O)(O)N(Cc2ccc(CNc3cccc4c3CN(C3(O)C(=O)NC(=O)C(O)(O)C3(O)O)C4=O)cc2)C1(O)O. The summed E-state index contributed by atoms with van der Waals surface area (Å²) in [6, 6.07) is 9.92. The number of hydrogen-bond donors (Lipinski definition) is 14. The molecule has 0 aromatic heterocycles. The van der Waals surface area contributed by atoms with Crippen molar-refractivity contribution in [2.45, 2.75) is 81.3 Å². The first-order valence-electron chi connectivity index (χ1n) is 14.2. The van der Waals surface area contributed by atoms with E-state index in [0.29, 0.717) is 12.5 Å². The molecule has 5 rings (SSSR count). The maximum Gasteiger partial charge on any atom is 0.354 e. The summed E-state index contributed by atoms with van der Waals surface area (Å²) in [5.41, 5.74) is -2.77. The van der Waals surface area contributed by atoms with Gasteiger partial charge < -0.3 is 66.6 Å². The van der Waals surface area contributed by atoms with Gasteiger partial charge in [-0.15, -0.1) is 0 Å².